The van der Waals surface area contributed by atoms with E-state index < -0.39 is 0 Å². The lowest BCUT2D eigenvalue weighted by Gasteiger charge is -2.40. The molecule has 0 bridgehead atoms. The van der Waals surface area contributed by atoms with Crippen LogP contribution in [-0.2, 0) is 0 Å². The van der Waals surface area contributed by atoms with E-state index in [0.717, 1.165) is 0 Å². The summed E-state index contributed by atoms with van der Waals surface area (Å²) in [6.07, 6.45) is 2.39. The van der Waals surface area contributed by atoms with Gasteiger partial charge in [-0.05, 0) is 27.7 Å². The molecule has 2 nitrogen and oxygen atoms in total. The van der Waals surface area contributed by atoms with Crippen molar-refractivity contribution >= 4 is 6.34 Å². The molecular formula is C17H35N2+. The van der Waals surface area contributed by atoms with Gasteiger partial charge in [0.25, 0.3) is 0 Å². The Kier molecular flexibility index (Phi) is 4.44. The zero-order valence-corrected chi connectivity index (χ0v) is 14.8. The van der Waals surface area contributed by atoms with E-state index in [9.17, 15) is 0 Å². The normalized spacial score (nSPS) is 25.5. The van der Waals surface area contributed by atoms with Crippen molar-refractivity contribution in [2.75, 3.05) is 0 Å². The highest BCUT2D eigenvalue weighted by Crippen LogP contribution is 2.40. The molecule has 0 aromatic rings. The van der Waals surface area contributed by atoms with Crippen LogP contribution in [-0.4, -0.2) is 40.0 Å². The molecule has 1 aliphatic heterocycles. The molecule has 0 spiro atoms. The monoisotopic (exact) mass is 267 g/mol. The summed E-state index contributed by atoms with van der Waals surface area (Å²) < 4.78 is 2.58. The number of nitrogens with zero attached hydrogens (tertiary/aromatic N) is 2. The largest absolute Gasteiger partial charge is 0.259 e. The molecular weight excluding hydrogens is 232 g/mol. The Labute approximate surface area is 120 Å². The zero-order chi connectivity index (χ0) is 15.2. The molecule has 0 N–H and O–H groups in total. The van der Waals surface area contributed by atoms with Crippen LogP contribution in [0, 0.1) is 10.8 Å². The molecule has 1 heterocycles. The first-order valence-electron chi connectivity index (χ1n) is 7.77. The van der Waals surface area contributed by atoms with Gasteiger partial charge in [-0.15, -0.1) is 0 Å². The fourth-order valence-electron chi connectivity index (χ4n) is 3.37. The fourth-order valence-corrected chi connectivity index (χ4v) is 3.37. The van der Waals surface area contributed by atoms with E-state index in [2.05, 4.69) is 85.1 Å². The van der Waals surface area contributed by atoms with Gasteiger partial charge in [0, 0.05) is 10.8 Å². The third-order valence-electron chi connectivity index (χ3n) is 4.18. The average Bonchev–Trinajstić information content (AvgIpc) is 2.55. The highest BCUT2D eigenvalue weighted by atomic mass is 15.3. The number of hydrogen-bond acceptors (Lipinski definition) is 1. The molecule has 0 radical (unpaired) electrons. The van der Waals surface area contributed by atoms with Crippen molar-refractivity contribution in [1.29, 1.82) is 0 Å². The fraction of sp³-hybridized carbons (Fsp3) is 0.941. The summed E-state index contributed by atoms with van der Waals surface area (Å²) in [4.78, 5) is 2.58. The summed E-state index contributed by atoms with van der Waals surface area (Å²) in [5.74, 6) is 0. The van der Waals surface area contributed by atoms with Crippen molar-refractivity contribution in [2.45, 2.75) is 93.4 Å². The van der Waals surface area contributed by atoms with E-state index in [1.807, 2.05) is 0 Å². The summed E-state index contributed by atoms with van der Waals surface area (Å²) in [7, 11) is 0. The molecule has 0 unspecified atom stereocenters. The summed E-state index contributed by atoms with van der Waals surface area (Å²) in [5.41, 5.74) is 0.560. The lowest BCUT2D eigenvalue weighted by Crippen LogP contribution is -2.55. The van der Waals surface area contributed by atoms with Crippen molar-refractivity contribution in [3.8, 4) is 0 Å². The summed E-state index contributed by atoms with van der Waals surface area (Å²) in [6.45, 7) is 23.5. The predicted octanol–water partition coefficient (Wildman–Crippen LogP) is 3.99. The second-order valence-corrected chi connectivity index (χ2v) is 8.82. The zero-order valence-electron chi connectivity index (χ0n) is 14.8. The molecule has 0 fully saturated rings. The summed E-state index contributed by atoms with van der Waals surface area (Å²) in [6, 6.07) is 2.24. The van der Waals surface area contributed by atoms with Gasteiger partial charge in [-0.2, -0.15) is 0 Å². The molecule has 0 aliphatic carbocycles. The molecule has 1 rings (SSSR count). The first-order valence-corrected chi connectivity index (χ1v) is 7.77. The minimum atomic E-state index is 0.280. The Morgan fingerprint density at radius 1 is 0.895 bits per heavy atom. The van der Waals surface area contributed by atoms with Gasteiger partial charge < -0.3 is 0 Å². The van der Waals surface area contributed by atoms with E-state index in [4.69, 9.17) is 0 Å². The molecule has 0 aromatic carbocycles. The lowest BCUT2D eigenvalue weighted by atomic mass is 9.72. The predicted molar refractivity (Wildman–Crippen MR) is 84.9 cm³/mol. The smallest absolute Gasteiger partial charge is 0.235 e. The van der Waals surface area contributed by atoms with Crippen LogP contribution >= 0.6 is 0 Å². The maximum atomic E-state index is 2.58. The molecule has 0 aromatic heterocycles. The molecule has 19 heavy (non-hydrogen) atoms. The van der Waals surface area contributed by atoms with Gasteiger partial charge in [0.2, 0.25) is 6.34 Å². The van der Waals surface area contributed by atoms with E-state index >= 15 is 0 Å². The highest BCUT2D eigenvalue weighted by molar-refractivity contribution is 5.53. The third kappa shape index (κ3) is 3.32. The molecule has 1 aliphatic rings. The van der Waals surface area contributed by atoms with Crippen molar-refractivity contribution in [2.24, 2.45) is 10.8 Å². The van der Waals surface area contributed by atoms with Gasteiger partial charge in [0.05, 0.1) is 12.1 Å². The molecule has 0 amide bonds. The lowest BCUT2D eigenvalue weighted by molar-refractivity contribution is -0.600. The Bertz CT molecular complexity index is 339. The van der Waals surface area contributed by atoms with Crippen LogP contribution in [0.5, 0.6) is 0 Å². The van der Waals surface area contributed by atoms with Crippen LogP contribution in [0.25, 0.3) is 0 Å². The van der Waals surface area contributed by atoms with Crippen LogP contribution in [0.1, 0.15) is 69.2 Å². The highest BCUT2D eigenvalue weighted by Gasteiger charge is 2.54. The first-order chi connectivity index (χ1) is 8.37. The van der Waals surface area contributed by atoms with Gasteiger partial charge >= 0.3 is 0 Å². The maximum Gasteiger partial charge on any atom is 0.235 e. The Morgan fingerprint density at radius 2 is 1.37 bits per heavy atom. The molecule has 2 atom stereocenters. The van der Waals surface area contributed by atoms with Crippen LogP contribution < -0.4 is 0 Å². The summed E-state index contributed by atoms with van der Waals surface area (Å²) in [5, 5.41) is 0. The molecule has 0 saturated carbocycles. The average molecular weight is 267 g/mol. The van der Waals surface area contributed by atoms with E-state index in [-0.39, 0.29) is 10.8 Å². The number of hydrogen-bond donors (Lipinski definition) is 0. The van der Waals surface area contributed by atoms with Crippen molar-refractivity contribution in [3.05, 3.63) is 0 Å². The van der Waals surface area contributed by atoms with Gasteiger partial charge in [0.15, 0.2) is 0 Å². The van der Waals surface area contributed by atoms with Crippen molar-refractivity contribution in [1.82, 2.24) is 4.90 Å². The SMILES string of the molecule is CC(C)N1C=[N+](C(C)C)[C@H](C(C)(C)C)[C@H]1C(C)(C)C. The second kappa shape index (κ2) is 5.10. The van der Waals surface area contributed by atoms with Gasteiger partial charge in [-0.3, -0.25) is 9.48 Å². The van der Waals surface area contributed by atoms with Gasteiger partial charge in [-0.25, -0.2) is 0 Å². The van der Waals surface area contributed by atoms with Crippen LogP contribution in [0.15, 0.2) is 0 Å². The molecule has 2 heteroatoms. The van der Waals surface area contributed by atoms with Crippen LogP contribution in [0.3, 0.4) is 0 Å². The van der Waals surface area contributed by atoms with E-state index in [1.165, 1.54) is 0 Å². The van der Waals surface area contributed by atoms with Crippen molar-refractivity contribution in [3.63, 3.8) is 0 Å². The van der Waals surface area contributed by atoms with Gasteiger partial charge in [0.1, 0.15) is 12.1 Å². The minimum Gasteiger partial charge on any atom is -0.259 e. The Hall–Kier alpha value is -0.530. The molecule has 0 saturated heterocycles. The van der Waals surface area contributed by atoms with Crippen molar-refractivity contribution < 1.29 is 4.58 Å². The Morgan fingerprint density at radius 3 is 1.63 bits per heavy atom. The maximum absolute atomic E-state index is 2.58. The first kappa shape index (κ1) is 16.5. The van der Waals surface area contributed by atoms with E-state index in [1.54, 1.807) is 0 Å². The van der Waals surface area contributed by atoms with E-state index in [0.29, 0.717) is 24.2 Å². The van der Waals surface area contributed by atoms with Gasteiger partial charge in [-0.1, -0.05) is 41.5 Å². The molecule has 112 valence electrons. The Balaban J connectivity index is 3.32. The standard InChI is InChI=1S/C17H35N2/c1-12(2)18-11-19(13(3)4)15(17(8,9)10)14(18)16(5,6)7/h11-15H,1-10H3/q+1/t14-,15-/m0/s1. The minimum absolute atomic E-state index is 0.280. The van der Waals surface area contributed by atoms with Crippen LogP contribution in [0.4, 0.5) is 0 Å². The quantitative estimate of drug-likeness (QED) is 0.686. The second-order valence-electron chi connectivity index (χ2n) is 8.82. The topological polar surface area (TPSA) is 6.25 Å². The third-order valence-corrected chi connectivity index (χ3v) is 4.18. The van der Waals surface area contributed by atoms with Crippen LogP contribution in [0.2, 0.25) is 0 Å². The summed E-state index contributed by atoms with van der Waals surface area (Å²) >= 11 is 0. The number of rotatable bonds is 2.